The Balaban J connectivity index is 1.40. The van der Waals surface area contributed by atoms with Gasteiger partial charge in [-0.15, -0.1) is 0 Å². The van der Waals surface area contributed by atoms with E-state index in [1.54, 1.807) is 4.90 Å². The lowest BCUT2D eigenvalue weighted by molar-refractivity contribution is -0.146. The van der Waals surface area contributed by atoms with E-state index in [4.69, 9.17) is 4.74 Å². The maximum Gasteiger partial charge on any atom is 0.328 e. The average molecular weight is 495 g/mol. The van der Waals surface area contributed by atoms with Crippen molar-refractivity contribution in [2.24, 2.45) is 23.2 Å². The number of hydrogen-bond acceptors (Lipinski definition) is 5. The molecule has 9 heteroatoms. The van der Waals surface area contributed by atoms with Crippen LogP contribution in [-0.4, -0.2) is 65.9 Å². The second-order valence-corrected chi connectivity index (χ2v) is 11.1. The molecule has 9 nitrogen and oxygen atoms in total. The van der Waals surface area contributed by atoms with Crippen molar-refractivity contribution in [3.63, 3.8) is 0 Å². The van der Waals surface area contributed by atoms with Gasteiger partial charge in [0.2, 0.25) is 11.8 Å². The first kappa shape index (κ1) is 24.3. The van der Waals surface area contributed by atoms with E-state index in [0.717, 1.165) is 22.0 Å². The predicted molar refractivity (Wildman–Crippen MR) is 133 cm³/mol. The molecular formula is C27H34N4O5. The predicted octanol–water partition coefficient (Wildman–Crippen LogP) is 2.07. The molecule has 3 N–H and O–H groups in total. The van der Waals surface area contributed by atoms with E-state index in [-0.39, 0.29) is 47.3 Å². The Kier molecular flexibility index (Phi) is 5.84. The fraction of sp³-hybridized carbons (Fsp3) is 0.556. The summed E-state index contributed by atoms with van der Waals surface area (Å²) in [4.78, 5) is 56.8. The second-order valence-electron chi connectivity index (χ2n) is 11.1. The van der Waals surface area contributed by atoms with E-state index >= 15 is 0 Å². The summed E-state index contributed by atoms with van der Waals surface area (Å²) in [6, 6.07) is 4.20. The smallest absolute Gasteiger partial charge is 0.328 e. The van der Waals surface area contributed by atoms with Crippen LogP contribution < -0.4 is 10.6 Å². The van der Waals surface area contributed by atoms with Crippen molar-refractivity contribution in [2.45, 2.75) is 52.6 Å². The third-order valence-electron chi connectivity index (χ3n) is 8.78. The molecule has 0 spiro atoms. The fourth-order valence-corrected chi connectivity index (χ4v) is 6.28. The number of aromatic amines is 1. The molecule has 2 aliphatic heterocycles. The number of rotatable bonds is 6. The number of hydrogen-bond donors (Lipinski definition) is 3. The van der Waals surface area contributed by atoms with Gasteiger partial charge in [-0.25, -0.2) is 4.79 Å². The summed E-state index contributed by atoms with van der Waals surface area (Å²) in [7, 11) is 1.27. The zero-order chi connectivity index (χ0) is 25.9. The van der Waals surface area contributed by atoms with Gasteiger partial charge in [-0.1, -0.05) is 26.0 Å². The van der Waals surface area contributed by atoms with Gasteiger partial charge in [0.05, 0.1) is 7.11 Å². The monoisotopic (exact) mass is 494 g/mol. The van der Waals surface area contributed by atoms with Crippen molar-refractivity contribution < 1.29 is 23.9 Å². The van der Waals surface area contributed by atoms with Crippen molar-refractivity contribution in [3.05, 3.63) is 35.0 Å². The van der Waals surface area contributed by atoms with Crippen molar-refractivity contribution in [3.8, 4) is 0 Å². The maximum absolute atomic E-state index is 13.7. The number of likely N-dealkylation sites (tertiary alicyclic amines) is 1. The molecule has 0 radical (unpaired) electrons. The summed E-state index contributed by atoms with van der Waals surface area (Å²) in [5, 5.41) is 6.55. The van der Waals surface area contributed by atoms with E-state index < -0.39 is 18.1 Å². The Hall–Kier alpha value is -3.36. The molecular weight excluding hydrogens is 460 g/mol. The van der Waals surface area contributed by atoms with Crippen LogP contribution in [0.2, 0.25) is 0 Å². The van der Waals surface area contributed by atoms with Crippen LogP contribution in [0.1, 0.15) is 48.3 Å². The standard InChI is InChI=1S/C27H34N4O5/c1-13-6-7-15-10-18(29-21(15)14(13)2)25(34)31-12-17-20(27(17,3)4)22(31)24(33)30-19(26(35)36-5)11-16-8-9-28-23(16)32/h6-7,10,16-17,19-20,22,29H,8-9,11-12H2,1-5H3,(H,28,32)(H,30,33)/t16-,17-,19-,20-,22-/m0/s1. The average Bonchev–Trinajstić information content (AvgIpc) is 3.36. The summed E-state index contributed by atoms with van der Waals surface area (Å²) in [6.45, 7) is 9.30. The molecule has 0 unspecified atom stereocenters. The summed E-state index contributed by atoms with van der Waals surface area (Å²) in [6.07, 6.45) is 0.774. The van der Waals surface area contributed by atoms with Gasteiger partial charge < -0.3 is 25.3 Å². The topological polar surface area (TPSA) is 121 Å². The van der Waals surface area contributed by atoms with Crippen LogP contribution in [-0.2, 0) is 19.1 Å². The first-order valence-electron chi connectivity index (χ1n) is 12.6. The number of amides is 3. The third-order valence-corrected chi connectivity index (χ3v) is 8.78. The lowest BCUT2D eigenvalue weighted by atomic mass is 9.96. The number of fused-ring (bicyclic) bond motifs is 2. The first-order valence-corrected chi connectivity index (χ1v) is 12.6. The third kappa shape index (κ3) is 3.85. The summed E-state index contributed by atoms with van der Waals surface area (Å²) in [5.74, 6) is -1.46. The summed E-state index contributed by atoms with van der Waals surface area (Å²) < 4.78 is 4.93. The molecule has 3 heterocycles. The van der Waals surface area contributed by atoms with Crippen molar-refractivity contribution in [1.29, 1.82) is 0 Å². The quantitative estimate of drug-likeness (QED) is 0.531. The SMILES string of the molecule is COC(=O)[C@H](C[C@@H]1CCNC1=O)NC(=O)[C@@H]1[C@@H]2[C@H](CN1C(=O)c1cc3ccc(C)c(C)c3[nH]1)C2(C)C. The van der Waals surface area contributed by atoms with Crippen LogP contribution in [0.25, 0.3) is 10.9 Å². The fourth-order valence-electron chi connectivity index (χ4n) is 6.28. The van der Waals surface area contributed by atoms with Gasteiger partial charge in [0.15, 0.2) is 0 Å². The molecule has 3 fully saturated rings. The number of carbonyl (C=O) groups is 4. The number of benzene rings is 1. The van der Waals surface area contributed by atoms with E-state index in [0.29, 0.717) is 25.2 Å². The number of methoxy groups -OCH3 is 1. The molecule has 1 aromatic carbocycles. The van der Waals surface area contributed by atoms with Crippen LogP contribution >= 0.6 is 0 Å². The molecule has 5 rings (SSSR count). The van der Waals surface area contributed by atoms with Gasteiger partial charge in [-0.05, 0) is 61.1 Å². The molecule has 1 aromatic heterocycles. The number of aromatic nitrogens is 1. The zero-order valence-corrected chi connectivity index (χ0v) is 21.4. The zero-order valence-electron chi connectivity index (χ0n) is 21.4. The Morgan fingerprint density at radius 1 is 1.25 bits per heavy atom. The minimum absolute atomic E-state index is 0.00267. The molecule has 1 aliphatic carbocycles. The van der Waals surface area contributed by atoms with Crippen molar-refractivity contribution in [1.82, 2.24) is 20.5 Å². The lowest BCUT2D eigenvalue weighted by Crippen LogP contribution is -2.54. The highest BCUT2D eigenvalue weighted by Crippen LogP contribution is 2.65. The van der Waals surface area contributed by atoms with Crippen molar-refractivity contribution in [2.75, 3.05) is 20.2 Å². The van der Waals surface area contributed by atoms with Gasteiger partial charge >= 0.3 is 5.97 Å². The van der Waals surface area contributed by atoms with Gasteiger partial charge in [0, 0.05) is 29.9 Å². The van der Waals surface area contributed by atoms with E-state index in [1.807, 2.05) is 32.0 Å². The Morgan fingerprint density at radius 3 is 2.67 bits per heavy atom. The highest BCUT2D eigenvalue weighted by molar-refractivity contribution is 6.02. The largest absolute Gasteiger partial charge is 0.467 e. The molecule has 0 bridgehead atoms. The van der Waals surface area contributed by atoms with Crippen LogP contribution in [0.15, 0.2) is 18.2 Å². The molecule has 5 atom stereocenters. The molecule has 192 valence electrons. The number of esters is 1. The van der Waals surface area contributed by atoms with E-state index in [2.05, 4.69) is 29.5 Å². The Morgan fingerprint density at radius 2 is 2.00 bits per heavy atom. The Bertz CT molecular complexity index is 1260. The molecule has 1 saturated carbocycles. The number of carbonyl (C=O) groups excluding carboxylic acids is 4. The van der Waals surface area contributed by atoms with Crippen LogP contribution in [0.4, 0.5) is 0 Å². The van der Waals surface area contributed by atoms with E-state index in [9.17, 15) is 19.2 Å². The highest BCUT2D eigenvalue weighted by atomic mass is 16.5. The van der Waals surface area contributed by atoms with Crippen molar-refractivity contribution >= 4 is 34.6 Å². The maximum atomic E-state index is 13.7. The normalized spacial score (nSPS) is 26.9. The molecule has 3 amide bonds. The number of piperidine rings is 1. The minimum Gasteiger partial charge on any atom is -0.467 e. The second kappa shape index (κ2) is 8.64. The number of aryl methyl sites for hydroxylation is 2. The molecule has 2 saturated heterocycles. The van der Waals surface area contributed by atoms with E-state index in [1.165, 1.54) is 7.11 Å². The van der Waals surface area contributed by atoms with Crippen LogP contribution in [0.5, 0.6) is 0 Å². The highest BCUT2D eigenvalue weighted by Gasteiger charge is 2.69. The number of H-pyrrole nitrogens is 1. The van der Waals surface area contributed by atoms with Crippen LogP contribution in [0, 0.1) is 37.0 Å². The molecule has 2 aromatic rings. The summed E-state index contributed by atoms with van der Waals surface area (Å²) in [5.41, 5.74) is 3.52. The molecule has 3 aliphatic rings. The van der Waals surface area contributed by atoms with Gasteiger partial charge in [-0.3, -0.25) is 14.4 Å². The number of nitrogens with zero attached hydrogens (tertiary/aromatic N) is 1. The van der Waals surface area contributed by atoms with Crippen LogP contribution in [0.3, 0.4) is 0 Å². The van der Waals surface area contributed by atoms with Gasteiger partial charge in [0.1, 0.15) is 17.8 Å². The minimum atomic E-state index is -0.951. The number of nitrogens with one attached hydrogen (secondary N) is 3. The number of ether oxygens (including phenoxy) is 1. The van der Waals surface area contributed by atoms with Gasteiger partial charge in [0.25, 0.3) is 5.91 Å². The summed E-state index contributed by atoms with van der Waals surface area (Å²) >= 11 is 0. The lowest BCUT2D eigenvalue weighted by Gasteiger charge is -2.31. The Labute approximate surface area is 210 Å². The molecule has 36 heavy (non-hydrogen) atoms. The first-order chi connectivity index (χ1) is 17.0. The van der Waals surface area contributed by atoms with Gasteiger partial charge in [-0.2, -0.15) is 0 Å².